The van der Waals surface area contributed by atoms with Gasteiger partial charge in [0.25, 0.3) is 0 Å². The van der Waals surface area contributed by atoms with Crippen LogP contribution in [0.3, 0.4) is 0 Å². The maximum atomic E-state index is 11.3. The Balaban J connectivity index is 2.55. The summed E-state index contributed by atoms with van der Waals surface area (Å²) in [4.78, 5) is 22.9. The summed E-state index contributed by atoms with van der Waals surface area (Å²) < 4.78 is 4.86. The third-order valence-electron chi connectivity index (χ3n) is 1.79. The van der Waals surface area contributed by atoms with E-state index in [2.05, 4.69) is 12.6 Å². The molecule has 0 aromatic heterocycles. The van der Waals surface area contributed by atoms with Crippen molar-refractivity contribution in [2.45, 2.75) is 11.3 Å². The molecule has 0 saturated carbocycles. The standard InChI is InChI=1S/C9H6O3S/c10-7-4-9(11)12-8-2-1-5(13)3-6(7)8/h1-3,13H,4H2. The maximum absolute atomic E-state index is 11.3. The summed E-state index contributed by atoms with van der Waals surface area (Å²) in [6.07, 6.45) is -0.176. The van der Waals surface area contributed by atoms with Crippen LogP contribution in [-0.2, 0) is 4.79 Å². The van der Waals surface area contributed by atoms with E-state index < -0.39 is 5.97 Å². The average molecular weight is 194 g/mol. The highest BCUT2D eigenvalue weighted by molar-refractivity contribution is 7.80. The van der Waals surface area contributed by atoms with Crippen LogP contribution in [0, 0.1) is 0 Å². The Morgan fingerprint density at radius 3 is 2.85 bits per heavy atom. The lowest BCUT2D eigenvalue weighted by molar-refractivity contribution is -0.133. The minimum absolute atomic E-state index is 0.176. The van der Waals surface area contributed by atoms with E-state index in [1.807, 2.05) is 0 Å². The summed E-state index contributed by atoms with van der Waals surface area (Å²) in [5, 5.41) is 0. The number of Topliss-reactive ketones (excluding diaryl/α,β-unsaturated/α-hetero) is 1. The van der Waals surface area contributed by atoms with Crippen LogP contribution in [0.25, 0.3) is 0 Å². The van der Waals surface area contributed by atoms with Gasteiger partial charge in [-0.25, -0.2) is 0 Å². The zero-order valence-electron chi connectivity index (χ0n) is 6.61. The number of esters is 1. The minimum atomic E-state index is -0.496. The third-order valence-corrected chi connectivity index (χ3v) is 2.07. The van der Waals surface area contributed by atoms with E-state index in [1.54, 1.807) is 18.2 Å². The van der Waals surface area contributed by atoms with Crippen LogP contribution < -0.4 is 4.74 Å². The number of fused-ring (bicyclic) bond motifs is 1. The van der Waals surface area contributed by atoms with Crippen molar-refractivity contribution < 1.29 is 14.3 Å². The third kappa shape index (κ3) is 1.45. The molecule has 0 bridgehead atoms. The zero-order chi connectivity index (χ0) is 9.42. The molecular formula is C9H6O3S. The second-order valence-electron chi connectivity index (χ2n) is 2.75. The van der Waals surface area contributed by atoms with E-state index in [0.717, 1.165) is 0 Å². The van der Waals surface area contributed by atoms with Gasteiger partial charge in [0, 0.05) is 4.90 Å². The van der Waals surface area contributed by atoms with Gasteiger partial charge in [-0.1, -0.05) is 0 Å². The minimum Gasteiger partial charge on any atom is -0.425 e. The smallest absolute Gasteiger partial charge is 0.319 e. The predicted octanol–water partition coefficient (Wildman–Crippen LogP) is 1.47. The summed E-state index contributed by atoms with van der Waals surface area (Å²) in [7, 11) is 0. The Morgan fingerprint density at radius 1 is 1.31 bits per heavy atom. The molecule has 1 aliphatic rings. The van der Waals surface area contributed by atoms with Gasteiger partial charge < -0.3 is 4.74 Å². The first kappa shape index (κ1) is 8.31. The summed E-state index contributed by atoms with van der Waals surface area (Å²) in [5.41, 5.74) is 0.437. The summed E-state index contributed by atoms with van der Waals surface area (Å²) in [6.45, 7) is 0. The summed E-state index contributed by atoms with van der Waals surface area (Å²) in [5.74, 6) is -0.370. The van der Waals surface area contributed by atoms with Crippen molar-refractivity contribution >= 4 is 24.4 Å². The topological polar surface area (TPSA) is 43.4 Å². The molecule has 2 rings (SSSR count). The van der Waals surface area contributed by atoms with Gasteiger partial charge in [0.05, 0.1) is 5.56 Å². The van der Waals surface area contributed by atoms with Crippen LogP contribution in [-0.4, -0.2) is 11.8 Å². The molecule has 1 heterocycles. The predicted molar refractivity (Wildman–Crippen MR) is 48.3 cm³/mol. The van der Waals surface area contributed by atoms with Crippen LogP contribution in [0.4, 0.5) is 0 Å². The van der Waals surface area contributed by atoms with Gasteiger partial charge in [-0.3, -0.25) is 9.59 Å². The van der Waals surface area contributed by atoms with Gasteiger partial charge in [0.1, 0.15) is 12.2 Å². The lowest BCUT2D eigenvalue weighted by atomic mass is 10.1. The first-order chi connectivity index (χ1) is 6.16. The van der Waals surface area contributed by atoms with Gasteiger partial charge in [-0.2, -0.15) is 0 Å². The van der Waals surface area contributed by atoms with E-state index >= 15 is 0 Å². The molecule has 13 heavy (non-hydrogen) atoms. The van der Waals surface area contributed by atoms with Crippen LogP contribution in [0.5, 0.6) is 5.75 Å². The molecule has 0 saturated heterocycles. The van der Waals surface area contributed by atoms with Crippen molar-refractivity contribution in [2.75, 3.05) is 0 Å². The molecule has 0 spiro atoms. The summed E-state index contributed by atoms with van der Waals surface area (Å²) >= 11 is 4.09. The number of carbonyl (C=O) groups is 2. The van der Waals surface area contributed by atoms with Crippen LogP contribution in [0.1, 0.15) is 16.8 Å². The van der Waals surface area contributed by atoms with E-state index in [9.17, 15) is 9.59 Å². The van der Waals surface area contributed by atoms with Crippen LogP contribution >= 0.6 is 12.6 Å². The largest absolute Gasteiger partial charge is 0.425 e. The second kappa shape index (κ2) is 2.88. The zero-order valence-corrected chi connectivity index (χ0v) is 7.51. The second-order valence-corrected chi connectivity index (χ2v) is 3.27. The number of ketones is 1. The van der Waals surface area contributed by atoms with Gasteiger partial charge in [0.15, 0.2) is 5.78 Å². The number of hydrogen-bond acceptors (Lipinski definition) is 4. The molecule has 1 aromatic rings. The van der Waals surface area contributed by atoms with Gasteiger partial charge in [0.2, 0.25) is 0 Å². The van der Waals surface area contributed by atoms with Gasteiger partial charge in [-0.15, -0.1) is 12.6 Å². The van der Waals surface area contributed by atoms with Crippen molar-refractivity contribution in [2.24, 2.45) is 0 Å². The molecule has 3 nitrogen and oxygen atoms in total. The molecule has 0 aliphatic carbocycles. The highest BCUT2D eigenvalue weighted by Crippen LogP contribution is 2.27. The first-order valence-corrected chi connectivity index (χ1v) is 4.18. The molecule has 66 valence electrons. The van der Waals surface area contributed by atoms with Crippen molar-refractivity contribution in [1.29, 1.82) is 0 Å². The summed E-state index contributed by atoms with van der Waals surface area (Å²) in [6, 6.07) is 4.85. The Morgan fingerprint density at radius 2 is 2.08 bits per heavy atom. The SMILES string of the molecule is O=C1CC(=O)c2cc(S)ccc2O1. The normalized spacial score (nSPS) is 15.2. The van der Waals surface area contributed by atoms with E-state index in [0.29, 0.717) is 16.2 Å². The lowest BCUT2D eigenvalue weighted by Crippen LogP contribution is -2.21. The Kier molecular flexibility index (Phi) is 1.84. The first-order valence-electron chi connectivity index (χ1n) is 3.74. The fraction of sp³-hybridized carbons (Fsp3) is 0.111. The highest BCUT2D eigenvalue weighted by Gasteiger charge is 2.24. The van der Waals surface area contributed by atoms with Gasteiger partial charge in [-0.05, 0) is 18.2 Å². The lowest BCUT2D eigenvalue weighted by Gasteiger charge is -2.14. The fourth-order valence-electron chi connectivity index (χ4n) is 1.21. The van der Waals surface area contributed by atoms with E-state index in [4.69, 9.17) is 4.74 Å². The van der Waals surface area contributed by atoms with Gasteiger partial charge >= 0.3 is 5.97 Å². The van der Waals surface area contributed by atoms with Crippen molar-refractivity contribution in [1.82, 2.24) is 0 Å². The fourth-order valence-corrected chi connectivity index (χ4v) is 1.41. The monoisotopic (exact) mass is 194 g/mol. The molecule has 0 N–H and O–H groups in total. The van der Waals surface area contributed by atoms with E-state index in [1.165, 1.54) is 0 Å². The molecule has 1 aromatic carbocycles. The molecule has 0 atom stereocenters. The van der Waals surface area contributed by atoms with E-state index in [-0.39, 0.29) is 12.2 Å². The quantitative estimate of drug-likeness (QED) is 0.294. The number of benzene rings is 1. The molecule has 0 radical (unpaired) electrons. The van der Waals surface area contributed by atoms with Crippen molar-refractivity contribution in [3.63, 3.8) is 0 Å². The average Bonchev–Trinajstić information content (AvgIpc) is 2.06. The van der Waals surface area contributed by atoms with Crippen molar-refractivity contribution in [3.8, 4) is 5.75 Å². The van der Waals surface area contributed by atoms with Crippen molar-refractivity contribution in [3.05, 3.63) is 23.8 Å². The number of rotatable bonds is 0. The van der Waals surface area contributed by atoms with Crippen LogP contribution in [0.15, 0.2) is 23.1 Å². The highest BCUT2D eigenvalue weighted by atomic mass is 32.1. The number of hydrogen-bond donors (Lipinski definition) is 1. The van der Waals surface area contributed by atoms with Crippen LogP contribution in [0.2, 0.25) is 0 Å². The Hall–Kier alpha value is -1.29. The molecule has 1 aliphatic heterocycles. The maximum Gasteiger partial charge on any atom is 0.319 e. The molecule has 0 amide bonds. The Bertz CT molecular complexity index is 398. The molecular weight excluding hydrogens is 188 g/mol. The number of carbonyl (C=O) groups excluding carboxylic acids is 2. The number of thiol groups is 1. The molecule has 4 heteroatoms. The molecule has 0 fully saturated rings. The Labute approximate surface area is 80.1 Å². The number of ether oxygens (including phenoxy) is 1. The molecule has 0 unspecified atom stereocenters.